The second kappa shape index (κ2) is 24.9. The largest absolute Gasteiger partial charge is 0.481 e. The van der Waals surface area contributed by atoms with E-state index in [2.05, 4.69) is 25.5 Å². The number of carbonyl (C=O) groups is 4. The van der Waals surface area contributed by atoms with Gasteiger partial charge in [0, 0.05) is 26.1 Å². The van der Waals surface area contributed by atoms with Crippen LogP contribution in [0.15, 0.2) is 0 Å². The topological polar surface area (TPSA) is 205 Å². The molecular formula is C39H73N3O8. The third kappa shape index (κ3) is 15.2. The SMILES string of the molecule is CCCCCCOC(=O)CCCC1CCC2C3CCC4CCCCC4(C)C3CCC12C.COC(=O)CCN.NCCC(=O)O.NCCC(=O)O. The minimum atomic E-state index is -0.836. The Morgan fingerprint density at radius 1 is 0.680 bits per heavy atom. The third-order valence-electron chi connectivity index (χ3n) is 12.3. The number of carbonyl (C=O) groups excluding carboxylic acids is 2. The highest BCUT2D eigenvalue weighted by atomic mass is 16.5. The number of carboxylic acid groups (broad SMARTS) is 2. The van der Waals surface area contributed by atoms with Crippen LogP contribution in [-0.2, 0) is 28.7 Å². The van der Waals surface area contributed by atoms with Gasteiger partial charge in [0.1, 0.15) is 0 Å². The lowest BCUT2D eigenvalue weighted by molar-refractivity contribution is -0.144. The fraction of sp³-hybridized carbons (Fsp3) is 0.897. The Hall–Kier alpha value is -2.24. The van der Waals surface area contributed by atoms with Gasteiger partial charge in [-0.1, -0.05) is 52.9 Å². The number of unbranched alkanes of at least 4 members (excludes halogenated alkanes) is 3. The van der Waals surface area contributed by atoms with E-state index < -0.39 is 11.9 Å². The molecule has 0 aromatic carbocycles. The van der Waals surface area contributed by atoms with Crippen LogP contribution in [0.1, 0.15) is 149 Å². The highest BCUT2D eigenvalue weighted by molar-refractivity contribution is 5.69. The van der Waals surface area contributed by atoms with Crippen molar-refractivity contribution in [3.05, 3.63) is 0 Å². The summed E-state index contributed by atoms with van der Waals surface area (Å²) in [4.78, 5) is 41.3. The number of rotatable bonds is 15. The van der Waals surface area contributed by atoms with Crippen LogP contribution in [0, 0.1) is 40.4 Å². The number of fused-ring (bicyclic) bond motifs is 5. The Bertz CT molecular complexity index is 980. The summed E-state index contributed by atoms with van der Waals surface area (Å²) >= 11 is 0. The summed E-state index contributed by atoms with van der Waals surface area (Å²) in [7, 11) is 1.35. The summed E-state index contributed by atoms with van der Waals surface area (Å²) < 4.78 is 9.75. The first kappa shape index (κ1) is 45.8. The van der Waals surface area contributed by atoms with Crippen molar-refractivity contribution >= 4 is 23.9 Å². The number of ether oxygens (including phenoxy) is 2. The minimum absolute atomic E-state index is 0.0449. The lowest BCUT2D eigenvalue weighted by Crippen LogP contribution is -2.52. The number of aliphatic carboxylic acids is 2. The average Bonchev–Trinajstić information content (AvgIpc) is 3.41. The maximum Gasteiger partial charge on any atom is 0.306 e. The van der Waals surface area contributed by atoms with E-state index in [-0.39, 0.29) is 37.9 Å². The first-order chi connectivity index (χ1) is 23.8. The van der Waals surface area contributed by atoms with Crippen molar-refractivity contribution < 1.29 is 38.9 Å². The Kier molecular flexibility index (Phi) is 22.8. The molecule has 11 heteroatoms. The molecule has 0 spiro atoms. The van der Waals surface area contributed by atoms with Gasteiger partial charge in [-0.3, -0.25) is 19.2 Å². The highest BCUT2D eigenvalue weighted by Crippen LogP contribution is 2.67. The normalized spacial score (nSPS) is 29.1. The van der Waals surface area contributed by atoms with Gasteiger partial charge in [-0.2, -0.15) is 0 Å². The van der Waals surface area contributed by atoms with Gasteiger partial charge in [-0.15, -0.1) is 0 Å². The molecule has 4 fully saturated rings. The summed E-state index contributed by atoms with van der Waals surface area (Å²) in [6.45, 7) is 9.01. The van der Waals surface area contributed by atoms with Crippen LogP contribution >= 0.6 is 0 Å². The number of methoxy groups -OCH3 is 1. The molecule has 50 heavy (non-hydrogen) atoms. The zero-order valence-electron chi connectivity index (χ0n) is 31.9. The van der Waals surface area contributed by atoms with Crippen molar-refractivity contribution in [2.24, 2.45) is 57.6 Å². The monoisotopic (exact) mass is 712 g/mol. The van der Waals surface area contributed by atoms with Gasteiger partial charge in [0.15, 0.2) is 0 Å². The maximum atomic E-state index is 12.1. The van der Waals surface area contributed by atoms with Crippen LogP contribution in [0.5, 0.6) is 0 Å². The molecule has 0 amide bonds. The van der Waals surface area contributed by atoms with Crippen LogP contribution in [0.2, 0.25) is 0 Å². The van der Waals surface area contributed by atoms with Gasteiger partial charge < -0.3 is 36.9 Å². The zero-order chi connectivity index (χ0) is 37.6. The molecule has 0 heterocycles. The van der Waals surface area contributed by atoms with Crippen LogP contribution in [0.3, 0.4) is 0 Å². The molecule has 8 N–H and O–H groups in total. The van der Waals surface area contributed by atoms with E-state index in [9.17, 15) is 19.2 Å². The lowest BCUT2D eigenvalue weighted by Gasteiger charge is -2.60. The fourth-order valence-corrected chi connectivity index (χ4v) is 9.62. The minimum Gasteiger partial charge on any atom is -0.481 e. The Balaban J connectivity index is 0.000000539. The predicted molar refractivity (Wildman–Crippen MR) is 197 cm³/mol. The average molecular weight is 712 g/mol. The van der Waals surface area contributed by atoms with E-state index in [0.29, 0.717) is 36.8 Å². The van der Waals surface area contributed by atoms with E-state index in [0.717, 1.165) is 42.4 Å². The first-order valence-electron chi connectivity index (χ1n) is 19.6. The van der Waals surface area contributed by atoms with Crippen LogP contribution in [0.4, 0.5) is 0 Å². The quantitative estimate of drug-likeness (QED) is 0.0895. The Morgan fingerprint density at radius 2 is 1.32 bits per heavy atom. The number of esters is 2. The molecule has 4 saturated carbocycles. The molecule has 0 aromatic heterocycles. The van der Waals surface area contributed by atoms with E-state index in [1.165, 1.54) is 97.0 Å². The van der Waals surface area contributed by atoms with E-state index in [4.69, 9.17) is 32.2 Å². The van der Waals surface area contributed by atoms with Gasteiger partial charge in [0.25, 0.3) is 0 Å². The molecule has 11 nitrogen and oxygen atoms in total. The van der Waals surface area contributed by atoms with Gasteiger partial charge in [0.2, 0.25) is 0 Å². The van der Waals surface area contributed by atoms with Crippen molar-refractivity contribution in [1.29, 1.82) is 0 Å². The highest BCUT2D eigenvalue weighted by Gasteiger charge is 2.59. The standard InChI is InChI=1S/C29H50O2.C4H9NO2.2C3H7NO2/c1-4-5-6-9-21-31-27(30)13-10-12-23-15-17-25-24-16-14-22-11-7-8-19-28(22,2)26(24)18-20-29(23,25)3;1-7-4(6)2-3-5;2*4-2-1-3(5)6/h22-26H,4-21H2,1-3H3;2-3,5H2,1H3;2*1-2,4H2,(H,5,6). The van der Waals surface area contributed by atoms with Crippen LogP contribution in [0.25, 0.3) is 0 Å². The predicted octanol–water partition coefficient (Wildman–Crippen LogP) is 6.68. The molecule has 4 aliphatic carbocycles. The second-order valence-electron chi connectivity index (χ2n) is 15.4. The second-order valence-corrected chi connectivity index (χ2v) is 15.4. The summed E-state index contributed by atoms with van der Waals surface area (Å²) in [5, 5.41) is 15.7. The summed E-state index contributed by atoms with van der Waals surface area (Å²) in [6, 6.07) is 0. The molecule has 0 aliphatic heterocycles. The molecule has 4 aliphatic rings. The third-order valence-corrected chi connectivity index (χ3v) is 12.3. The van der Waals surface area contributed by atoms with Gasteiger partial charge in [0.05, 0.1) is 33.0 Å². The Labute approximate surface area is 302 Å². The zero-order valence-corrected chi connectivity index (χ0v) is 31.9. The molecule has 292 valence electrons. The van der Waals surface area contributed by atoms with E-state index in [1.54, 1.807) is 0 Å². The van der Waals surface area contributed by atoms with Crippen molar-refractivity contribution in [1.82, 2.24) is 0 Å². The Morgan fingerprint density at radius 3 is 1.86 bits per heavy atom. The summed E-state index contributed by atoms with van der Waals surface area (Å²) in [5.41, 5.74) is 15.9. The summed E-state index contributed by atoms with van der Waals surface area (Å²) in [5.74, 6) is 2.95. The molecule has 7 unspecified atom stereocenters. The molecule has 0 saturated heterocycles. The number of hydrogen-bond donors (Lipinski definition) is 5. The van der Waals surface area contributed by atoms with Gasteiger partial charge in [-0.05, 0) is 111 Å². The molecular weight excluding hydrogens is 638 g/mol. The lowest BCUT2D eigenvalue weighted by atomic mass is 9.45. The van der Waals surface area contributed by atoms with Crippen molar-refractivity contribution in [3.63, 3.8) is 0 Å². The molecule has 0 radical (unpaired) electrons. The number of hydrogen-bond acceptors (Lipinski definition) is 9. The fourth-order valence-electron chi connectivity index (χ4n) is 9.62. The van der Waals surface area contributed by atoms with Gasteiger partial charge in [-0.25, -0.2) is 0 Å². The van der Waals surface area contributed by atoms with E-state index in [1.807, 2.05) is 0 Å². The first-order valence-corrected chi connectivity index (χ1v) is 19.6. The molecule has 0 aromatic rings. The van der Waals surface area contributed by atoms with Crippen molar-refractivity contribution in [2.45, 2.75) is 149 Å². The summed E-state index contributed by atoms with van der Waals surface area (Å²) in [6.07, 6.45) is 22.9. The smallest absolute Gasteiger partial charge is 0.306 e. The number of nitrogens with two attached hydrogens (primary N) is 3. The van der Waals surface area contributed by atoms with E-state index >= 15 is 0 Å². The van der Waals surface area contributed by atoms with Crippen LogP contribution < -0.4 is 17.2 Å². The maximum absolute atomic E-state index is 12.1. The number of carboxylic acids is 2. The van der Waals surface area contributed by atoms with Crippen LogP contribution in [-0.4, -0.2) is 67.4 Å². The van der Waals surface area contributed by atoms with Crippen molar-refractivity contribution in [2.75, 3.05) is 33.4 Å². The molecule has 4 rings (SSSR count). The molecule has 7 atom stereocenters. The molecule has 0 bridgehead atoms. The van der Waals surface area contributed by atoms with Crippen molar-refractivity contribution in [3.8, 4) is 0 Å². The van der Waals surface area contributed by atoms with Gasteiger partial charge >= 0.3 is 23.9 Å².